The van der Waals surface area contributed by atoms with Gasteiger partial charge in [-0.1, -0.05) is 50.6 Å². The molecule has 2 aromatic carbocycles. The first-order valence-corrected chi connectivity index (χ1v) is 12.6. The minimum Gasteiger partial charge on any atom is -0.491 e. The maximum absolute atomic E-state index is 13.3. The number of hydrogen-bond acceptors (Lipinski definition) is 4. The number of halogens is 4. The Morgan fingerprint density at radius 2 is 1.74 bits per heavy atom. The van der Waals surface area contributed by atoms with Crippen LogP contribution in [0.25, 0.3) is 0 Å². The SMILES string of the molecule is CC(C(=O)NCCOc1ccccc1C(C)(C)C)N(c1ccc(Cl)c(C(F)(F)F)c1)S(C)(=O)=O. The molecule has 0 bridgehead atoms. The zero-order valence-electron chi connectivity index (χ0n) is 19.5. The molecule has 0 spiro atoms. The standard InChI is InChI=1S/C23H28ClF3N2O4S/c1-15(21(30)28-12-13-33-20-9-7-6-8-17(20)22(2,3)4)29(34(5,31)32)16-10-11-19(24)18(14-16)23(25,26)27/h6-11,14-15H,12-13H2,1-5H3,(H,28,30). The van der Waals surface area contributed by atoms with Crippen molar-refractivity contribution in [3.63, 3.8) is 0 Å². The Balaban J connectivity index is 2.14. The van der Waals surface area contributed by atoms with Crippen molar-refractivity contribution < 1.29 is 31.1 Å². The zero-order valence-corrected chi connectivity index (χ0v) is 21.1. The van der Waals surface area contributed by atoms with Crippen LogP contribution in [-0.4, -0.2) is 39.8 Å². The van der Waals surface area contributed by atoms with Gasteiger partial charge in [0.1, 0.15) is 18.4 Å². The molecule has 0 saturated carbocycles. The summed E-state index contributed by atoms with van der Waals surface area (Å²) in [6.07, 6.45) is -3.98. The molecule has 2 rings (SSSR count). The average Bonchev–Trinajstić information content (AvgIpc) is 2.70. The number of amides is 1. The molecule has 6 nitrogen and oxygen atoms in total. The number of rotatable bonds is 8. The van der Waals surface area contributed by atoms with Crippen LogP contribution in [0.3, 0.4) is 0 Å². The number of carbonyl (C=O) groups is 1. The second-order valence-corrected chi connectivity index (χ2v) is 11.0. The fourth-order valence-corrected chi connectivity index (χ4v) is 4.76. The molecule has 0 saturated heterocycles. The number of para-hydroxylation sites is 1. The number of nitrogens with zero attached hydrogens (tertiary/aromatic N) is 1. The van der Waals surface area contributed by atoms with Crippen molar-refractivity contribution in [3.8, 4) is 5.75 Å². The maximum atomic E-state index is 13.3. The van der Waals surface area contributed by atoms with Gasteiger partial charge in [-0.05, 0) is 42.2 Å². The number of carbonyl (C=O) groups excluding carboxylic acids is 1. The van der Waals surface area contributed by atoms with Crippen LogP contribution < -0.4 is 14.4 Å². The molecule has 0 aliphatic rings. The number of hydrogen-bond donors (Lipinski definition) is 1. The summed E-state index contributed by atoms with van der Waals surface area (Å²) in [6.45, 7) is 7.59. The lowest BCUT2D eigenvalue weighted by Crippen LogP contribution is -2.48. The Morgan fingerprint density at radius 3 is 2.29 bits per heavy atom. The molecule has 1 unspecified atom stereocenters. The predicted molar refractivity (Wildman–Crippen MR) is 127 cm³/mol. The van der Waals surface area contributed by atoms with Gasteiger partial charge in [-0.2, -0.15) is 13.2 Å². The highest BCUT2D eigenvalue weighted by Gasteiger charge is 2.36. The highest BCUT2D eigenvalue weighted by atomic mass is 35.5. The lowest BCUT2D eigenvalue weighted by Gasteiger charge is -2.29. The smallest absolute Gasteiger partial charge is 0.417 e. The molecule has 0 aromatic heterocycles. The van der Waals surface area contributed by atoms with Crippen LogP contribution >= 0.6 is 11.6 Å². The number of alkyl halides is 3. The normalized spacial score (nSPS) is 13.3. The van der Waals surface area contributed by atoms with E-state index in [1.54, 1.807) is 0 Å². The Kier molecular flexibility index (Phi) is 8.53. The summed E-state index contributed by atoms with van der Waals surface area (Å²) in [7, 11) is -4.10. The van der Waals surface area contributed by atoms with E-state index in [1.165, 1.54) is 6.92 Å². The van der Waals surface area contributed by atoms with Gasteiger partial charge in [-0.15, -0.1) is 0 Å². The number of sulfonamides is 1. The second kappa shape index (κ2) is 10.4. The fourth-order valence-electron chi connectivity index (χ4n) is 3.37. The Bertz CT molecular complexity index is 1130. The molecule has 0 aliphatic carbocycles. The molecule has 0 fully saturated rings. The molecule has 188 valence electrons. The lowest BCUT2D eigenvalue weighted by atomic mass is 9.86. The Morgan fingerprint density at radius 1 is 1.12 bits per heavy atom. The molecule has 1 atom stereocenters. The third kappa shape index (κ3) is 7.02. The van der Waals surface area contributed by atoms with Crippen molar-refractivity contribution in [2.75, 3.05) is 23.7 Å². The van der Waals surface area contributed by atoms with Crippen LogP contribution in [-0.2, 0) is 26.4 Å². The monoisotopic (exact) mass is 520 g/mol. The average molecular weight is 521 g/mol. The zero-order chi connectivity index (χ0) is 25.9. The van der Waals surface area contributed by atoms with Crippen molar-refractivity contribution in [1.82, 2.24) is 5.32 Å². The Hall–Kier alpha value is -2.46. The summed E-state index contributed by atoms with van der Waals surface area (Å²) in [5, 5.41) is 2.00. The maximum Gasteiger partial charge on any atom is 0.417 e. The summed E-state index contributed by atoms with van der Waals surface area (Å²) in [5.74, 6) is -0.0301. The largest absolute Gasteiger partial charge is 0.491 e. The van der Waals surface area contributed by atoms with Gasteiger partial charge < -0.3 is 10.1 Å². The summed E-state index contributed by atoms with van der Waals surface area (Å²) in [4.78, 5) is 12.7. The van der Waals surface area contributed by atoms with Crippen LogP contribution in [0.1, 0.15) is 38.8 Å². The summed E-state index contributed by atoms with van der Waals surface area (Å²) in [5.41, 5.74) is -0.685. The van der Waals surface area contributed by atoms with Crippen LogP contribution in [0.4, 0.5) is 18.9 Å². The molecule has 0 radical (unpaired) electrons. The van der Waals surface area contributed by atoms with Crippen molar-refractivity contribution in [3.05, 3.63) is 58.6 Å². The first kappa shape index (κ1) is 27.8. The molecule has 1 N–H and O–H groups in total. The molecular formula is C23H28ClF3N2O4S. The highest BCUT2D eigenvalue weighted by Crippen LogP contribution is 2.37. The van der Waals surface area contributed by atoms with Gasteiger partial charge in [0.25, 0.3) is 0 Å². The van der Waals surface area contributed by atoms with E-state index < -0.39 is 38.7 Å². The van der Waals surface area contributed by atoms with Crippen LogP contribution in [0.5, 0.6) is 5.75 Å². The van der Waals surface area contributed by atoms with Gasteiger partial charge in [-0.25, -0.2) is 8.42 Å². The summed E-state index contributed by atoms with van der Waals surface area (Å²) < 4.78 is 70.9. The fraction of sp³-hybridized carbons (Fsp3) is 0.435. The van der Waals surface area contributed by atoms with Crippen molar-refractivity contribution >= 4 is 33.2 Å². The first-order chi connectivity index (χ1) is 15.5. The van der Waals surface area contributed by atoms with E-state index in [0.717, 1.165) is 24.0 Å². The van der Waals surface area contributed by atoms with E-state index in [4.69, 9.17) is 16.3 Å². The highest BCUT2D eigenvalue weighted by molar-refractivity contribution is 7.92. The minimum absolute atomic E-state index is 0.0632. The quantitative estimate of drug-likeness (QED) is 0.497. The lowest BCUT2D eigenvalue weighted by molar-refractivity contribution is -0.137. The summed E-state index contributed by atoms with van der Waals surface area (Å²) >= 11 is 5.63. The van der Waals surface area contributed by atoms with Gasteiger partial charge in [0.05, 0.1) is 29.1 Å². The van der Waals surface area contributed by atoms with Crippen molar-refractivity contribution in [1.29, 1.82) is 0 Å². The summed E-state index contributed by atoms with van der Waals surface area (Å²) in [6, 6.07) is 8.85. The predicted octanol–water partition coefficient (Wildman–Crippen LogP) is 5.01. The number of ether oxygens (including phenoxy) is 1. The number of anilines is 1. The third-order valence-electron chi connectivity index (χ3n) is 4.95. The van der Waals surface area contributed by atoms with Gasteiger partial charge >= 0.3 is 6.18 Å². The molecule has 2 aromatic rings. The molecule has 11 heteroatoms. The topological polar surface area (TPSA) is 75.7 Å². The van der Waals surface area contributed by atoms with E-state index in [1.807, 2.05) is 45.0 Å². The van der Waals surface area contributed by atoms with Gasteiger partial charge in [0.15, 0.2) is 0 Å². The van der Waals surface area contributed by atoms with Gasteiger partial charge in [-0.3, -0.25) is 9.10 Å². The first-order valence-electron chi connectivity index (χ1n) is 10.4. The molecule has 34 heavy (non-hydrogen) atoms. The van der Waals surface area contributed by atoms with Gasteiger partial charge in [0.2, 0.25) is 15.9 Å². The van der Waals surface area contributed by atoms with E-state index in [9.17, 15) is 26.4 Å². The van der Waals surface area contributed by atoms with E-state index in [0.29, 0.717) is 16.1 Å². The van der Waals surface area contributed by atoms with E-state index in [-0.39, 0.29) is 24.3 Å². The van der Waals surface area contributed by atoms with E-state index >= 15 is 0 Å². The molecule has 0 aliphatic heterocycles. The van der Waals surface area contributed by atoms with Crippen LogP contribution in [0.2, 0.25) is 5.02 Å². The third-order valence-corrected chi connectivity index (χ3v) is 6.52. The van der Waals surface area contributed by atoms with Crippen LogP contribution in [0.15, 0.2) is 42.5 Å². The molecule has 1 amide bonds. The Labute approximate surface area is 203 Å². The minimum atomic E-state index is -4.79. The molecule has 0 heterocycles. The van der Waals surface area contributed by atoms with Crippen molar-refractivity contribution in [2.24, 2.45) is 0 Å². The van der Waals surface area contributed by atoms with Gasteiger partial charge in [0, 0.05) is 0 Å². The van der Waals surface area contributed by atoms with Crippen LogP contribution in [0, 0.1) is 0 Å². The van der Waals surface area contributed by atoms with Crippen molar-refractivity contribution in [2.45, 2.75) is 45.3 Å². The van der Waals surface area contributed by atoms with E-state index in [2.05, 4.69) is 5.32 Å². The number of benzene rings is 2. The second-order valence-electron chi connectivity index (χ2n) is 8.78. The molecular weight excluding hydrogens is 493 g/mol. The number of nitrogens with one attached hydrogen (secondary N) is 1.